The number of anilines is 1. The fourth-order valence-corrected chi connectivity index (χ4v) is 6.39. The van der Waals surface area contributed by atoms with Gasteiger partial charge in [-0.15, -0.1) is 11.3 Å². The second-order valence-corrected chi connectivity index (χ2v) is 10.3. The minimum absolute atomic E-state index is 0.0486. The lowest BCUT2D eigenvalue weighted by Gasteiger charge is -2.14. The molecule has 2 aromatic heterocycles. The first kappa shape index (κ1) is 22.8. The standard InChI is InChI=1S/C26H24FN3O2S2/c1-2-16-11-13-17(14-12-16)28-22(31)15-33-26-29-24-23(18-7-3-6-10-21(18)34-24)25(32)30(26)20-9-5-4-8-19(20)27/h4-5,8-9,11-14H,2-3,6-7,10,15H2,1H3,(H,28,31). The maximum Gasteiger partial charge on any atom is 0.267 e. The number of halogens is 1. The zero-order valence-electron chi connectivity index (χ0n) is 18.8. The van der Waals surface area contributed by atoms with E-state index >= 15 is 0 Å². The number of thiophene rings is 1. The van der Waals surface area contributed by atoms with Gasteiger partial charge in [-0.25, -0.2) is 9.37 Å². The van der Waals surface area contributed by atoms with Gasteiger partial charge in [-0.3, -0.25) is 14.2 Å². The molecule has 0 atom stereocenters. The first-order valence-corrected chi connectivity index (χ1v) is 13.2. The number of benzene rings is 2. The number of aryl methyl sites for hydroxylation is 3. The summed E-state index contributed by atoms with van der Waals surface area (Å²) in [6, 6.07) is 13.9. The van der Waals surface area contributed by atoms with Crippen LogP contribution in [0, 0.1) is 5.82 Å². The maximum atomic E-state index is 14.8. The van der Waals surface area contributed by atoms with Crippen LogP contribution >= 0.6 is 23.1 Å². The molecule has 2 aromatic carbocycles. The number of nitrogens with one attached hydrogen (secondary N) is 1. The van der Waals surface area contributed by atoms with Crippen molar-refractivity contribution in [2.24, 2.45) is 0 Å². The Morgan fingerprint density at radius 1 is 1.15 bits per heavy atom. The molecule has 0 saturated carbocycles. The van der Waals surface area contributed by atoms with E-state index in [0.29, 0.717) is 21.1 Å². The van der Waals surface area contributed by atoms with Crippen molar-refractivity contribution in [1.82, 2.24) is 9.55 Å². The highest BCUT2D eigenvalue weighted by atomic mass is 32.2. The molecule has 174 valence electrons. The Bertz CT molecular complexity index is 1430. The number of carbonyl (C=O) groups is 1. The summed E-state index contributed by atoms with van der Waals surface area (Å²) in [4.78, 5) is 32.9. The summed E-state index contributed by atoms with van der Waals surface area (Å²) in [7, 11) is 0. The lowest BCUT2D eigenvalue weighted by molar-refractivity contribution is -0.113. The molecule has 0 spiro atoms. The van der Waals surface area contributed by atoms with Crippen molar-refractivity contribution in [1.29, 1.82) is 0 Å². The van der Waals surface area contributed by atoms with Crippen molar-refractivity contribution < 1.29 is 9.18 Å². The highest BCUT2D eigenvalue weighted by Gasteiger charge is 2.24. The van der Waals surface area contributed by atoms with Crippen LogP contribution in [-0.2, 0) is 24.1 Å². The number of para-hydroxylation sites is 1. The van der Waals surface area contributed by atoms with E-state index in [1.165, 1.54) is 21.1 Å². The fourth-order valence-electron chi connectivity index (χ4n) is 4.28. The topological polar surface area (TPSA) is 64.0 Å². The van der Waals surface area contributed by atoms with E-state index in [0.717, 1.165) is 49.4 Å². The number of hydrogen-bond acceptors (Lipinski definition) is 5. The van der Waals surface area contributed by atoms with E-state index in [-0.39, 0.29) is 22.9 Å². The molecule has 0 bridgehead atoms. The smallest absolute Gasteiger partial charge is 0.267 e. The van der Waals surface area contributed by atoms with Crippen LogP contribution in [0.4, 0.5) is 10.1 Å². The molecule has 1 aliphatic rings. The van der Waals surface area contributed by atoms with Gasteiger partial charge in [-0.05, 0) is 67.5 Å². The number of hydrogen-bond donors (Lipinski definition) is 1. The monoisotopic (exact) mass is 493 g/mol. The summed E-state index contributed by atoms with van der Waals surface area (Å²) in [6.45, 7) is 2.08. The molecule has 34 heavy (non-hydrogen) atoms. The minimum Gasteiger partial charge on any atom is -0.325 e. The van der Waals surface area contributed by atoms with Gasteiger partial charge >= 0.3 is 0 Å². The molecule has 0 fully saturated rings. The van der Waals surface area contributed by atoms with Crippen LogP contribution in [0.2, 0.25) is 0 Å². The lowest BCUT2D eigenvalue weighted by atomic mass is 9.97. The highest BCUT2D eigenvalue weighted by Crippen LogP contribution is 2.35. The highest BCUT2D eigenvalue weighted by molar-refractivity contribution is 7.99. The van der Waals surface area contributed by atoms with E-state index in [9.17, 15) is 14.0 Å². The zero-order valence-corrected chi connectivity index (χ0v) is 20.4. The van der Waals surface area contributed by atoms with Gasteiger partial charge in [0.05, 0.1) is 16.8 Å². The van der Waals surface area contributed by atoms with Crippen LogP contribution in [0.1, 0.15) is 35.8 Å². The summed E-state index contributed by atoms with van der Waals surface area (Å²) < 4.78 is 16.1. The molecule has 4 aromatic rings. The molecule has 2 heterocycles. The molecule has 8 heteroatoms. The van der Waals surface area contributed by atoms with E-state index in [2.05, 4.69) is 12.2 Å². The molecule has 0 radical (unpaired) electrons. The number of rotatable bonds is 6. The van der Waals surface area contributed by atoms with Crippen molar-refractivity contribution in [3.8, 4) is 5.69 Å². The van der Waals surface area contributed by atoms with Crippen LogP contribution in [0.15, 0.2) is 58.5 Å². The molecule has 5 nitrogen and oxygen atoms in total. The van der Waals surface area contributed by atoms with E-state index in [1.54, 1.807) is 29.5 Å². The normalized spacial score (nSPS) is 13.1. The van der Waals surface area contributed by atoms with Crippen molar-refractivity contribution >= 4 is 44.9 Å². The van der Waals surface area contributed by atoms with Gasteiger partial charge in [0.15, 0.2) is 5.16 Å². The van der Waals surface area contributed by atoms with Crippen LogP contribution in [0.5, 0.6) is 0 Å². The van der Waals surface area contributed by atoms with Gasteiger partial charge < -0.3 is 5.32 Å². The Labute approximate surface area is 205 Å². The van der Waals surface area contributed by atoms with Gasteiger partial charge in [0, 0.05) is 10.6 Å². The zero-order chi connectivity index (χ0) is 23.7. The van der Waals surface area contributed by atoms with Gasteiger partial charge in [0.25, 0.3) is 5.56 Å². The Hall–Kier alpha value is -2.97. The summed E-state index contributed by atoms with van der Waals surface area (Å²) in [6.07, 6.45) is 4.85. The molecular weight excluding hydrogens is 469 g/mol. The number of thioether (sulfide) groups is 1. The number of amides is 1. The van der Waals surface area contributed by atoms with E-state index in [1.807, 2.05) is 24.3 Å². The third-order valence-electron chi connectivity index (χ3n) is 6.03. The average Bonchev–Trinajstić information content (AvgIpc) is 3.23. The van der Waals surface area contributed by atoms with Crippen molar-refractivity contribution in [2.45, 2.75) is 44.2 Å². The molecule has 0 aliphatic heterocycles. The predicted octanol–water partition coefficient (Wildman–Crippen LogP) is 5.76. The predicted molar refractivity (Wildman–Crippen MR) is 137 cm³/mol. The fraction of sp³-hybridized carbons (Fsp3) is 0.269. The quantitative estimate of drug-likeness (QED) is 0.274. The summed E-state index contributed by atoms with van der Waals surface area (Å²) >= 11 is 2.68. The average molecular weight is 494 g/mol. The molecule has 0 saturated heterocycles. The van der Waals surface area contributed by atoms with Crippen LogP contribution in [0.3, 0.4) is 0 Å². The van der Waals surface area contributed by atoms with Gasteiger partial charge in [-0.2, -0.15) is 0 Å². The molecule has 1 amide bonds. The number of aromatic nitrogens is 2. The Balaban J connectivity index is 1.50. The second-order valence-electron chi connectivity index (χ2n) is 8.26. The maximum absolute atomic E-state index is 14.8. The molecule has 5 rings (SSSR count). The third kappa shape index (κ3) is 4.40. The summed E-state index contributed by atoms with van der Waals surface area (Å²) in [5, 5.41) is 3.79. The van der Waals surface area contributed by atoms with Crippen LogP contribution in [0.25, 0.3) is 15.9 Å². The first-order chi connectivity index (χ1) is 16.5. The SMILES string of the molecule is CCc1ccc(NC(=O)CSc2nc3sc4c(c3c(=O)n2-c2ccccc2F)CCCC4)cc1. The van der Waals surface area contributed by atoms with E-state index < -0.39 is 5.82 Å². The Kier molecular flexibility index (Phi) is 6.52. The molecule has 1 N–H and O–H groups in total. The van der Waals surface area contributed by atoms with Crippen molar-refractivity contribution in [3.63, 3.8) is 0 Å². The number of fused-ring (bicyclic) bond motifs is 3. The summed E-state index contributed by atoms with van der Waals surface area (Å²) in [5.74, 6) is -0.668. The van der Waals surface area contributed by atoms with Crippen LogP contribution in [-0.4, -0.2) is 21.2 Å². The molecular formula is C26H24FN3O2S2. The largest absolute Gasteiger partial charge is 0.325 e. The Morgan fingerprint density at radius 3 is 2.68 bits per heavy atom. The molecule has 1 aliphatic carbocycles. The number of carbonyl (C=O) groups excluding carboxylic acids is 1. The lowest BCUT2D eigenvalue weighted by Crippen LogP contribution is -2.24. The second kappa shape index (κ2) is 9.72. The first-order valence-electron chi connectivity index (χ1n) is 11.4. The van der Waals surface area contributed by atoms with Crippen molar-refractivity contribution in [2.75, 3.05) is 11.1 Å². The van der Waals surface area contributed by atoms with Gasteiger partial charge in [0.2, 0.25) is 5.91 Å². The van der Waals surface area contributed by atoms with E-state index in [4.69, 9.17) is 4.98 Å². The Morgan fingerprint density at radius 2 is 1.91 bits per heavy atom. The molecule has 0 unspecified atom stereocenters. The van der Waals surface area contributed by atoms with Gasteiger partial charge in [-0.1, -0.05) is 43.0 Å². The van der Waals surface area contributed by atoms with Gasteiger partial charge in [0.1, 0.15) is 10.6 Å². The third-order valence-corrected chi connectivity index (χ3v) is 8.15. The summed E-state index contributed by atoms with van der Waals surface area (Å²) in [5.41, 5.74) is 2.84. The minimum atomic E-state index is -0.503. The van der Waals surface area contributed by atoms with Crippen LogP contribution < -0.4 is 10.9 Å². The number of nitrogens with zero attached hydrogens (tertiary/aromatic N) is 2. The van der Waals surface area contributed by atoms with Crippen molar-refractivity contribution in [3.05, 3.63) is 80.7 Å².